The molecule has 2 rings (SSSR count). The lowest BCUT2D eigenvalue weighted by atomic mass is 9.92. The van der Waals surface area contributed by atoms with Crippen LogP contribution in [0.1, 0.15) is 33.1 Å². The molecule has 3 atom stereocenters. The molecule has 1 saturated carbocycles. The minimum absolute atomic E-state index is 0.0291. The predicted octanol–water partition coefficient (Wildman–Crippen LogP) is 0.696. The maximum atomic E-state index is 11.2. The number of aliphatic carboxylic acids is 1. The van der Waals surface area contributed by atoms with Crippen LogP contribution in [0.2, 0.25) is 0 Å². The lowest BCUT2D eigenvalue weighted by Gasteiger charge is -2.39. The molecule has 1 aliphatic heterocycles. The van der Waals surface area contributed by atoms with Crippen molar-refractivity contribution < 1.29 is 14.7 Å². The van der Waals surface area contributed by atoms with Crippen LogP contribution in [-0.4, -0.2) is 47.1 Å². The van der Waals surface area contributed by atoms with E-state index in [9.17, 15) is 14.7 Å². The molecule has 0 bridgehead atoms. The number of amides is 1. The molecule has 1 saturated heterocycles. The smallest absolute Gasteiger partial charge is 0.307 e. The summed E-state index contributed by atoms with van der Waals surface area (Å²) in [6.07, 6.45) is 3.04. The second kappa shape index (κ2) is 5.26. The number of carbonyl (C=O) groups excluding carboxylic acids is 1. The monoisotopic (exact) mass is 254 g/mol. The Labute approximate surface area is 108 Å². The number of carbonyl (C=O) groups is 2. The third-order valence-corrected chi connectivity index (χ3v) is 4.12. The fourth-order valence-electron chi connectivity index (χ4n) is 2.91. The van der Waals surface area contributed by atoms with Crippen LogP contribution in [0.5, 0.6) is 0 Å². The number of nitrogens with one attached hydrogen (secondary N) is 1. The highest BCUT2D eigenvalue weighted by atomic mass is 16.4. The van der Waals surface area contributed by atoms with Gasteiger partial charge in [0.2, 0.25) is 5.91 Å². The highest BCUT2D eigenvalue weighted by Crippen LogP contribution is 2.36. The number of likely N-dealkylation sites (tertiary alicyclic amines) is 1. The Kier molecular flexibility index (Phi) is 3.90. The van der Waals surface area contributed by atoms with Crippen LogP contribution >= 0.6 is 0 Å². The lowest BCUT2D eigenvalue weighted by Crippen LogP contribution is -2.54. The van der Waals surface area contributed by atoms with Gasteiger partial charge in [-0.15, -0.1) is 0 Å². The van der Waals surface area contributed by atoms with Crippen molar-refractivity contribution in [3.8, 4) is 0 Å². The standard InChI is InChI=1S/C13H22N2O3/c1-8(10-3-4-10)15-6-11(13(17)18)5-12(7-15)14-9(2)16/h8,10-12H,3-7H2,1-2H3,(H,14,16)(H,17,18). The van der Waals surface area contributed by atoms with E-state index in [0.717, 1.165) is 12.5 Å². The van der Waals surface area contributed by atoms with Crippen LogP contribution in [0.3, 0.4) is 0 Å². The van der Waals surface area contributed by atoms with E-state index >= 15 is 0 Å². The molecular formula is C13H22N2O3. The molecule has 2 N–H and O–H groups in total. The average Bonchev–Trinajstić information content (AvgIpc) is 3.10. The summed E-state index contributed by atoms with van der Waals surface area (Å²) >= 11 is 0. The summed E-state index contributed by atoms with van der Waals surface area (Å²) in [7, 11) is 0. The molecule has 2 aliphatic rings. The van der Waals surface area contributed by atoms with Crippen LogP contribution < -0.4 is 5.32 Å². The fourth-order valence-corrected chi connectivity index (χ4v) is 2.91. The molecule has 5 nitrogen and oxygen atoms in total. The fraction of sp³-hybridized carbons (Fsp3) is 0.846. The van der Waals surface area contributed by atoms with Gasteiger partial charge in [0.05, 0.1) is 5.92 Å². The molecule has 0 spiro atoms. The number of hydrogen-bond donors (Lipinski definition) is 2. The second-order valence-electron chi connectivity index (χ2n) is 5.70. The van der Waals surface area contributed by atoms with Crippen LogP contribution in [0.4, 0.5) is 0 Å². The van der Waals surface area contributed by atoms with Crippen LogP contribution in [0, 0.1) is 11.8 Å². The minimum atomic E-state index is -0.752. The number of carboxylic acids is 1. The van der Waals surface area contributed by atoms with Crippen molar-refractivity contribution in [2.45, 2.75) is 45.2 Å². The molecule has 1 aliphatic carbocycles. The van der Waals surface area contributed by atoms with Crippen molar-refractivity contribution in [3.63, 3.8) is 0 Å². The van der Waals surface area contributed by atoms with Gasteiger partial charge in [0.15, 0.2) is 0 Å². The van der Waals surface area contributed by atoms with Crippen molar-refractivity contribution in [1.29, 1.82) is 0 Å². The molecule has 1 heterocycles. The van der Waals surface area contributed by atoms with Gasteiger partial charge in [0.1, 0.15) is 0 Å². The first-order valence-corrected chi connectivity index (χ1v) is 6.71. The van der Waals surface area contributed by atoms with E-state index in [0.29, 0.717) is 19.0 Å². The second-order valence-corrected chi connectivity index (χ2v) is 5.70. The molecular weight excluding hydrogens is 232 g/mol. The largest absolute Gasteiger partial charge is 0.481 e. The molecule has 0 aromatic rings. The summed E-state index contributed by atoms with van der Waals surface area (Å²) in [5.41, 5.74) is 0. The van der Waals surface area contributed by atoms with Crippen LogP contribution in [-0.2, 0) is 9.59 Å². The van der Waals surface area contributed by atoms with E-state index in [1.807, 2.05) is 0 Å². The van der Waals surface area contributed by atoms with Gasteiger partial charge in [-0.05, 0) is 32.1 Å². The van der Waals surface area contributed by atoms with Crippen molar-refractivity contribution in [2.75, 3.05) is 13.1 Å². The van der Waals surface area contributed by atoms with Gasteiger partial charge < -0.3 is 10.4 Å². The SMILES string of the molecule is CC(=O)NC1CC(C(=O)O)CN(C(C)C2CC2)C1. The summed E-state index contributed by atoms with van der Waals surface area (Å²) in [6.45, 7) is 5.05. The molecule has 1 amide bonds. The summed E-state index contributed by atoms with van der Waals surface area (Å²) < 4.78 is 0. The third-order valence-electron chi connectivity index (χ3n) is 4.12. The van der Waals surface area contributed by atoms with Gasteiger partial charge >= 0.3 is 5.97 Å². The highest BCUT2D eigenvalue weighted by Gasteiger charge is 2.38. The van der Waals surface area contributed by atoms with Gasteiger partial charge in [-0.3, -0.25) is 14.5 Å². The number of hydrogen-bond acceptors (Lipinski definition) is 3. The molecule has 0 aromatic carbocycles. The molecule has 5 heteroatoms. The molecule has 3 unspecified atom stereocenters. The zero-order chi connectivity index (χ0) is 13.3. The van der Waals surface area contributed by atoms with Crippen molar-refractivity contribution in [2.24, 2.45) is 11.8 Å². The minimum Gasteiger partial charge on any atom is -0.481 e. The van der Waals surface area contributed by atoms with Crippen molar-refractivity contribution in [1.82, 2.24) is 10.2 Å². The summed E-state index contributed by atoms with van der Waals surface area (Å²) in [5.74, 6) is -0.476. The van der Waals surface area contributed by atoms with Gasteiger partial charge in [-0.25, -0.2) is 0 Å². The normalized spacial score (nSPS) is 30.8. The lowest BCUT2D eigenvalue weighted by molar-refractivity contribution is -0.145. The Morgan fingerprint density at radius 2 is 2.00 bits per heavy atom. The predicted molar refractivity (Wildman–Crippen MR) is 67.1 cm³/mol. The van der Waals surface area contributed by atoms with Gasteiger partial charge in [-0.1, -0.05) is 0 Å². The maximum Gasteiger partial charge on any atom is 0.307 e. The quantitative estimate of drug-likeness (QED) is 0.774. The average molecular weight is 254 g/mol. The highest BCUT2D eigenvalue weighted by molar-refractivity contribution is 5.74. The van der Waals surface area contributed by atoms with Gasteiger partial charge in [0.25, 0.3) is 0 Å². The van der Waals surface area contributed by atoms with E-state index in [1.54, 1.807) is 0 Å². The molecule has 0 aromatic heterocycles. The van der Waals surface area contributed by atoms with Crippen LogP contribution in [0.25, 0.3) is 0 Å². The number of nitrogens with zero attached hydrogens (tertiary/aromatic N) is 1. The van der Waals surface area contributed by atoms with E-state index in [-0.39, 0.29) is 17.9 Å². The van der Waals surface area contributed by atoms with E-state index in [4.69, 9.17) is 0 Å². The van der Waals surface area contributed by atoms with E-state index in [2.05, 4.69) is 17.1 Å². The number of rotatable bonds is 4. The van der Waals surface area contributed by atoms with Gasteiger partial charge in [0, 0.05) is 32.1 Å². The first kappa shape index (κ1) is 13.3. The Bertz CT molecular complexity index is 341. The van der Waals surface area contributed by atoms with Crippen LogP contribution in [0.15, 0.2) is 0 Å². The maximum absolute atomic E-state index is 11.2. The van der Waals surface area contributed by atoms with Gasteiger partial charge in [-0.2, -0.15) is 0 Å². The summed E-state index contributed by atoms with van der Waals surface area (Å²) in [5, 5.41) is 12.1. The number of carboxylic acid groups (broad SMARTS) is 1. The molecule has 18 heavy (non-hydrogen) atoms. The summed E-state index contributed by atoms with van der Waals surface area (Å²) in [4.78, 5) is 24.6. The Hall–Kier alpha value is -1.10. The zero-order valence-electron chi connectivity index (χ0n) is 11.1. The van der Waals surface area contributed by atoms with Crippen molar-refractivity contribution in [3.05, 3.63) is 0 Å². The Morgan fingerprint density at radius 1 is 1.33 bits per heavy atom. The van der Waals surface area contributed by atoms with Crippen molar-refractivity contribution >= 4 is 11.9 Å². The first-order chi connectivity index (χ1) is 8.47. The first-order valence-electron chi connectivity index (χ1n) is 6.71. The molecule has 2 fully saturated rings. The van der Waals surface area contributed by atoms with E-state index in [1.165, 1.54) is 19.8 Å². The Balaban J connectivity index is 2.00. The number of piperidine rings is 1. The molecule has 102 valence electrons. The topological polar surface area (TPSA) is 69.6 Å². The zero-order valence-corrected chi connectivity index (χ0v) is 11.1. The third kappa shape index (κ3) is 3.22. The summed E-state index contributed by atoms with van der Waals surface area (Å²) in [6, 6.07) is 0.405. The Morgan fingerprint density at radius 3 is 2.50 bits per heavy atom. The van der Waals surface area contributed by atoms with E-state index < -0.39 is 5.97 Å². The molecule has 0 radical (unpaired) electrons.